The monoisotopic (exact) mass is 891 g/mol. The van der Waals surface area contributed by atoms with E-state index >= 15 is 0 Å². The molecule has 0 saturated heterocycles. The fourth-order valence-corrected chi connectivity index (χ4v) is 9.86. The van der Waals surface area contributed by atoms with Gasteiger partial charge in [0.2, 0.25) is 11.6 Å². The van der Waals surface area contributed by atoms with E-state index < -0.39 is 62.8 Å². The van der Waals surface area contributed by atoms with Gasteiger partial charge in [0, 0.05) is 61.0 Å². The molecule has 0 saturated carbocycles. The molecule has 0 bridgehead atoms. The second-order valence-electron chi connectivity index (χ2n) is 14.7. The maximum Gasteiger partial charge on any atom is 0.294 e. The summed E-state index contributed by atoms with van der Waals surface area (Å²) in [5.41, 5.74) is 3.18. The van der Waals surface area contributed by atoms with E-state index in [1.165, 1.54) is 37.4 Å². The number of ether oxygens (including phenoxy) is 1. The lowest BCUT2D eigenvalue weighted by atomic mass is 9.75. The van der Waals surface area contributed by atoms with E-state index in [1.807, 2.05) is 9.48 Å². The lowest BCUT2D eigenvalue weighted by molar-refractivity contribution is -0.438. The number of hydrazine groups is 1. The van der Waals surface area contributed by atoms with E-state index in [9.17, 15) is 56.7 Å². The highest BCUT2D eigenvalue weighted by atomic mass is 32.2. The van der Waals surface area contributed by atoms with Gasteiger partial charge in [0.25, 0.3) is 40.5 Å². The van der Waals surface area contributed by atoms with Gasteiger partial charge in [-0.25, -0.2) is 5.84 Å². The van der Waals surface area contributed by atoms with Crippen molar-refractivity contribution in [1.82, 2.24) is 5.43 Å². The van der Waals surface area contributed by atoms with Crippen LogP contribution >= 0.6 is 0 Å². The fourth-order valence-electron chi connectivity index (χ4n) is 7.83. The van der Waals surface area contributed by atoms with Crippen molar-refractivity contribution in [3.63, 3.8) is 0 Å². The third-order valence-corrected chi connectivity index (χ3v) is 14.0. The SMILES string of the molecule is COCCN1C(=CC=CC2=[N+](CCCCCC(=O)NN)c3ccc(S(=O)(=O)O)cc3C2(C)CCCS(=O)(=O)O)C(C)(CCCS(=O)(=O)O)c2cc(S(=O)(=O)O)ccc21. The molecular weight excluding hydrogens is 841 g/mol. The number of rotatable bonds is 21. The number of carbonyl (C=O) groups excluding carboxylic acids is 1. The first-order valence-corrected chi connectivity index (χ1v) is 24.4. The van der Waals surface area contributed by atoms with Gasteiger partial charge >= 0.3 is 0 Å². The number of benzene rings is 2. The number of hydrogen-bond acceptors (Lipinski definition) is 12. The first-order valence-electron chi connectivity index (χ1n) is 18.3. The number of carbonyl (C=O) groups is 1. The number of fused-ring (bicyclic) bond motifs is 2. The number of amides is 1. The summed E-state index contributed by atoms with van der Waals surface area (Å²) in [6, 6.07) is 8.22. The predicted molar refractivity (Wildman–Crippen MR) is 216 cm³/mol. The van der Waals surface area contributed by atoms with Crippen LogP contribution in [0.25, 0.3) is 0 Å². The molecule has 2 aromatic rings. The van der Waals surface area contributed by atoms with Crippen LogP contribution in [0.5, 0.6) is 0 Å². The topological polar surface area (TPSA) is 288 Å². The lowest BCUT2D eigenvalue weighted by Gasteiger charge is -2.30. The molecule has 22 heteroatoms. The van der Waals surface area contributed by atoms with Gasteiger partial charge in [-0.15, -0.1) is 0 Å². The van der Waals surface area contributed by atoms with Crippen molar-refractivity contribution in [3.05, 3.63) is 71.5 Å². The fraction of sp³-hybridized carbons (Fsp3) is 0.500. The summed E-state index contributed by atoms with van der Waals surface area (Å²) < 4.78 is 143. The molecule has 0 aliphatic carbocycles. The third-order valence-electron chi connectivity index (χ3n) is 10.6. The average Bonchev–Trinajstić information content (AvgIpc) is 3.48. The van der Waals surface area contributed by atoms with Crippen molar-refractivity contribution in [2.24, 2.45) is 5.84 Å². The summed E-state index contributed by atoms with van der Waals surface area (Å²) in [5.74, 6) is 3.73. The van der Waals surface area contributed by atoms with Crippen LogP contribution in [0.15, 0.2) is 70.1 Å². The number of hydrogen-bond donors (Lipinski definition) is 6. The zero-order valence-electron chi connectivity index (χ0n) is 32.4. The Morgan fingerprint density at radius 3 is 1.93 bits per heavy atom. The maximum atomic E-state index is 12.3. The van der Waals surface area contributed by atoms with Gasteiger partial charge in [-0.1, -0.05) is 6.08 Å². The highest BCUT2D eigenvalue weighted by molar-refractivity contribution is 7.86. The molecule has 2 unspecified atom stereocenters. The molecular formula is C36H51N4O14S4+. The molecule has 0 fully saturated rings. The summed E-state index contributed by atoms with van der Waals surface area (Å²) in [6.45, 7) is 4.42. The molecule has 2 aliphatic rings. The smallest absolute Gasteiger partial charge is 0.294 e. The Bertz CT molecular complexity index is 2430. The molecule has 4 rings (SSSR count). The molecule has 2 atom stereocenters. The van der Waals surface area contributed by atoms with Gasteiger partial charge in [0.15, 0.2) is 5.71 Å². The van der Waals surface area contributed by atoms with Crippen molar-refractivity contribution >= 4 is 63.5 Å². The summed E-state index contributed by atoms with van der Waals surface area (Å²) >= 11 is 0. The quantitative estimate of drug-likeness (QED) is 0.0262. The molecule has 1 amide bonds. The zero-order valence-corrected chi connectivity index (χ0v) is 35.6. The van der Waals surface area contributed by atoms with Gasteiger partial charge in [-0.2, -0.15) is 38.2 Å². The van der Waals surface area contributed by atoms with E-state index in [1.54, 1.807) is 38.1 Å². The Balaban J connectivity index is 1.92. The Kier molecular flexibility index (Phi) is 14.9. The predicted octanol–water partition coefficient (Wildman–Crippen LogP) is 3.29. The Morgan fingerprint density at radius 1 is 0.810 bits per heavy atom. The van der Waals surface area contributed by atoms with E-state index in [0.717, 1.165) is 0 Å². The van der Waals surface area contributed by atoms with Crippen molar-refractivity contribution in [2.45, 2.75) is 85.8 Å². The molecule has 2 aromatic carbocycles. The van der Waals surface area contributed by atoms with Crippen molar-refractivity contribution in [3.8, 4) is 0 Å². The Hall–Kier alpha value is -3.58. The van der Waals surface area contributed by atoms with E-state index in [4.69, 9.17) is 10.6 Å². The Morgan fingerprint density at radius 2 is 1.38 bits per heavy atom. The standard InChI is InChI=1S/C36H50N4O14S4/c1-35(17-8-22-55(42,43)44)28-24-26(57(48,49)50)13-15-30(28)39(19-6-4-5-12-34(41)38-37)32(35)10-7-11-33-36(2,18-9-23-56(45,46)47)29-25-27(58(51,52)53)14-16-31(29)40(33)20-21-54-3/h7,10-11,13-16,24-25H,4-6,8-9,12,17-23,37H2,1-3H3,(H4-,38,41,42,43,44,45,46,47,48,49,50,51,52,53)/p+1. The Labute approximate surface area is 339 Å². The van der Waals surface area contributed by atoms with E-state index in [-0.39, 0.29) is 61.0 Å². The number of nitrogens with two attached hydrogens (primary N) is 1. The molecule has 58 heavy (non-hydrogen) atoms. The van der Waals surface area contributed by atoms with Crippen LogP contribution < -0.4 is 16.2 Å². The first kappa shape index (κ1) is 47.1. The van der Waals surface area contributed by atoms with E-state index in [0.29, 0.717) is 59.7 Å². The van der Waals surface area contributed by atoms with Crippen molar-refractivity contribution < 1.29 is 66.0 Å². The average molecular weight is 892 g/mol. The number of unbranched alkanes of at least 4 members (excludes halogenated alkanes) is 2. The molecule has 7 N–H and O–H groups in total. The third kappa shape index (κ3) is 11.4. The van der Waals surface area contributed by atoms with Gasteiger partial charge < -0.3 is 9.64 Å². The van der Waals surface area contributed by atoms with Crippen LogP contribution in [-0.4, -0.2) is 106 Å². The largest absolute Gasteiger partial charge is 0.383 e. The van der Waals surface area contributed by atoms with Gasteiger partial charge in [-0.05, 0) is 94.3 Å². The van der Waals surface area contributed by atoms with Crippen LogP contribution in [0.1, 0.15) is 76.3 Å². The molecule has 0 spiro atoms. The number of nitrogens with zero attached hydrogens (tertiary/aromatic N) is 2. The van der Waals surface area contributed by atoms with Crippen LogP contribution in [0.4, 0.5) is 11.4 Å². The number of methoxy groups -OCH3 is 1. The van der Waals surface area contributed by atoms with Crippen LogP contribution in [0.2, 0.25) is 0 Å². The maximum absolute atomic E-state index is 12.3. The second kappa shape index (κ2) is 18.4. The van der Waals surface area contributed by atoms with Crippen LogP contribution in [-0.2, 0) is 60.8 Å². The molecule has 2 aliphatic heterocycles. The molecule has 0 radical (unpaired) electrons. The van der Waals surface area contributed by atoms with Crippen molar-refractivity contribution in [2.75, 3.05) is 43.2 Å². The van der Waals surface area contributed by atoms with Crippen LogP contribution in [0, 0.1) is 0 Å². The zero-order chi connectivity index (χ0) is 43.3. The minimum absolute atomic E-state index is 0.0284. The number of nitrogens with one attached hydrogen (secondary N) is 1. The molecule has 0 aromatic heterocycles. The summed E-state index contributed by atoms with van der Waals surface area (Å²) in [6.07, 6.45) is 7.23. The number of allylic oxidation sites excluding steroid dienone is 4. The number of anilines is 1. The summed E-state index contributed by atoms with van der Waals surface area (Å²) in [7, 11) is -16.5. The molecule has 18 nitrogen and oxygen atoms in total. The molecule has 2 heterocycles. The summed E-state index contributed by atoms with van der Waals surface area (Å²) in [4.78, 5) is 12.8. The van der Waals surface area contributed by atoms with Crippen LogP contribution in [0.3, 0.4) is 0 Å². The summed E-state index contributed by atoms with van der Waals surface area (Å²) in [5, 5.41) is 0. The molecule has 322 valence electrons. The van der Waals surface area contributed by atoms with Gasteiger partial charge in [-0.3, -0.25) is 28.4 Å². The first-order chi connectivity index (χ1) is 26.9. The van der Waals surface area contributed by atoms with Gasteiger partial charge in [0.05, 0.1) is 33.3 Å². The minimum Gasteiger partial charge on any atom is -0.383 e. The van der Waals surface area contributed by atoms with Gasteiger partial charge in [0.1, 0.15) is 6.54 Å². The van der Waals surface area contributed by atoms with Crippen molar-refractivity contribution in [1.29, 1.82) is 0 Å². The minimum atomic E-state index is -4.66. The van der Waals surface area contributed by atoms with E-state index in [2.05, 4.69) is 5.43 Å². The normalized spacial score (nSPS) is 20.6. The second-order valence-corrected chi connectivity index (χ2v) is 20.7. The highest BCUT2D eigenvalue weighted by Crippen LogP contribution is 2.51. The highest BCUT2D eigenvalue weighted by Gasteiger charge is 2.48. The lowest BCUT2D eigenvalue weighted by Crippen LogP contribution is -2.32.